The zero-order valence-corrected chi connectivity index (χ0v) is 22.5. The standard InChI is InChI=1S/C26H29N3O6S2/c1-4-35-22-12-10-21(11-13-22)29(37(33,34)23-8-6-5-7-9-23)19-26(30)28-17-16-20-18-24(14-15-25(20)28)36(31,32)27(2)3/h5-15,18H,4,16-17,19H2,1-3H3. The molecule has 0 fully saturated rings. The summed E-state index contributed by atoms with van der Waals surface area (Å²) >= 11 is 0. The molecule has 11 heteroatoms. The predicted molar refractivity (Wildman–Crippen MR) is 142 cm³/mol. The first-order valence-electron chi connectivity index (χ1n) is 11.7. The number of anilines is 2. The van der Waals surface area contributed by atoms with Crippen molar-refractivity contribution in [3.63, 3.8) is 0 Å². The Bertz CT molecular complexity index is 1490. The normalized spacial score (nSPS) is 13.5. The van der Waals surface area contributed by atoms with Crippen molar-refractivity contribution in [2.45, 2.75) is 23.1 Å². The number of hydrogen-bond acceptors (Lipinski definition) is 6. The molecular weight excluding hydrogens is 514 g/mol. The van der Waals surface area contributed by atoms with Crippen molar-refractivity contribution < 1.29 is 26.4 Å². The average Bonchev–Trinajstić information content (AvgIpc) is 3.32. The van der Waals surface area contributed by atoms with Crippen LogP contribution < -0.4 is 13.9 Å². The van der Waals surface area contributed by atoms with Crippen molar-refractivity contribution in [3.05, 3.63) is 78.4 Å². The van der Waals surface area contributed by atoms with Crippen LogP contribution in [-0.2, 0) is 31.3 Å². The molecule has 0 spiro atoms. The van der Waals surface area contributed by atoms with Crippen LogP contribution in [0.15, 0.2) is 82.6 Å². The molecule has 3 aromatic rings. The number of benzene rings is 3. The van der Waals surface area contributed by atoms with Gasteiger partial charge in [-0.25, -0.2) is 21.1 Å². The van der Waals surface area contributed by atoms with Crippen LogP contribution >= 0.6 is 0 Å². The summed E-state index contributed by atoms with van der Waals surface area (Å²) in [5.74, 6) is 0.168. The third-order valence-corrected chi connectivity index (χ3v) is 9.67. The molecule has 4 rings (SSSR count). The van der Waals surface area contributed by atoms with Gasteiger partial charge in [-0.1, -0.05) is 18.2 Å². The van der Waals surface area contributed by atoms with Gasteiger partial charge in [-0.3, -0.25) is 9.10 Å². The van der Waals surface area contributed by atoms with Gasteiger partial charge < -0.3 is 9.64 Å². The molecule has 1 aliphatic rings. The second kappa shape index (κ2) is 10.5. The minimum atomic E-state index is -4.06. The van der Waals surface area contributed by atoms with Gasteiger partial charge in [-0.05, 0) is 73.5 Å². The number of amides is 1. The van der Waals surface area contributed by atoms with E-state index in [9.17, 15) is 21.6 Å². The predicted octanol–water partition coefficient (Wildman–Crippen LogP) is 3.12. The van der Waals surface area contributed by atoms with Crippen LogP contribution in [-0.4, -0.2) is 60.8 Å². The molecule has 37 heavy (non-hydrogen) atoms. The lowest BCUT2D eigenvalue weighted by Gasteiger charge is -2.27. The number of hydrogen-bond donors (Lipinski definition) is 0. The molecule has 9 nitrogen and oxygen atoms in total. The second-order valence-electron chi connectivity index (χ2n) is 8.62. The Balaban J connectivity index is 1.66. The fraction of sp³-hybridized carbons (Fsp3) is 0.269. The Morgan fingerprint density at radius 1 is 0.892 bits per heavy atom. The van der Waals surface area contributed by atoms with Crippen LogP contribution in [0.5, 0.6) is 5.75 Å². The highest BCUT2D eigenvalue weighted by molar-refractivity contribution is 7.92. The molecule has 0 bridgehead atoms. The van der Waals surface area contributed by atoms with E-state index in [0.29, 0.717) is 36.7 Å². The molecule has 0 N–H and O–H groups in total. The highest BCUT2D eigenvalue weighted by Crippen LogP contribution is 2.32. The smallest absolute Gasteiger partial charge is 0.264 e. The van der Waals surface area contributed by atoms with Crippen molar-refractivity contribution in [1.82, 2.24) is 4.31 Å². The van der Waals surface area contributed by atoms with E-state index in [-0.39, 0.29) is 9.79 Å². The first-order chi connectivity index (χ1) is 17.6. The van der Waals surface area contributed by atoms with Crippen molar-refractivity contribution in [2.75, 3.05) is 43.0 Å². The monoisotopic (exact) mass is 543 g/mol. The topological polar surface area (TPSA) is 104 Å². The average molecular weight is 544 g/mol. The highest BCUT2D eigenvalue weighted by Gasteiger charge is 2.32. The van der Waals surface area contributed by atoms with Gasteiger partial charge in [0, 0.05) is 26.3 Å². The molecule has 3 aromatic carbocycles. The van der Waals surface area contributed by atoms with Crippen molar-refractivity contribution in [2.24, 2.45) is 0 Å². The molecule has 0 saturated heterocycles. The van der Waals surface area contributed by atoms with Crippen LogP contribution in [0.2, 0.25) is 0 Å². The van der Waals surface area contributed by atoms with Gasteiger partial charge in [0.15, 0.2) is 0 Å². The first kappa shape index (κ1) is 26.6. The van der Waals surface area contributed by atoms with Crippen molar-refractivity contribution >= 4 is 37.3 Å². The Morgan fingerprint density at radius 2 is 1.57 bits per heavy atom. The minimum Gasteiger partial charge on any atom is -0.494 e. The summed E-state index contributed by atoms with van der Waals surface area (Å²) in [7, 11) is -4.75. The van der Waals surface area contributed by atoms with Gasteiger partial charge in [0.25, 0.3) is 10.0 Å². The number of rotatable bonds is 9. The van der Waals surface area contributed by atoms with Gasteiger partial charge in [0.1, 0.15) is 12.3 Å². The Kier molecular flexibility index (Phi) is 7.58. The molecule has 1 amide bonds. The Hall–Kier alpha value is -3.41. The third-order valence-electron chi connectivity index (χ3n) is 6.07. The van der Waals surface area contributed by atoms with E-state index in [1.165, 1.54) is 37.2 Å². The fourth-order valence-corrected chi connectivity index (χ4v) is 6.51. The van der Waals surface area contributed by atoms with E-state index in [1.807, 2.05) is 6.92 Å². The third kappa shape index (κ3) is 5.34. The molecule has 1 aliphatic heterocycles. The fourth-order valence-electron chi connectivity index (χ4n) is 4.13. The number of sulfonamides is 2. The Morgan fingerprint density at radius 3 is 2.19 bits per heavy atom. The molecule has 196 valence electrons. The molecule has 0 saturated carbocycles. The SMILES string of the molecule is CCOc1ccc(N(CC(=O)N2CCc3cc(S(=O)(=O)N(C)C)ccc32)S(=O)(=O)c2ccccc2)cc1. The van der Waals surface area contributed by atoms with Gasteiger partial charge in [-0.15, -0.1) is 0 Å². The molecule has 0 aromatic heterocycles. The zero-order valence-electron chi connectivity index (χ0n) is 20.9. The van der Waals surface area contributed by atoms with Crippen molar-refractivity contribution in [1.29, 1.82) is 0 Å². The number of fused-ring (bicyclic) bond motifs is 1. The molecule has 0 atom stereocenters. The van der Waals surface area contributed by atoms with Crippen LogP contribution in [0.3, 0.4) is 0 Å². The van der Waals surface area contributed by atoms with E-state index in [1.54, 1.807) is 54.6 Å². The molecular formula is C26H29N3O6S2. The summed E-state index contributed by atoms with van der Waals surface area (Å²) in [4.78, 5) is 15.2. The number of ether oxygens (including phenoxy) is 1. The molecule has 0 unspecified atom stereocenters. The van der Waals surface area contributed by atoms with Crippen molar-refractivity contribution in [3.8, 4) is 5.75 Å². The maximum atomic E-state index is 13.6. The summed E-state index contributed by atoms with van der Waals surface area (Å²) < 4.78 is 60.0. The largest absolute Gasteiger partial charge is 0.494 e. The van der Waals surface area contributed by atoms with E-state index in [0.717, 1.165) is 14.2 Å². The summed E-state index contributed by atoms with van der Waals surface area (Å²) in [5.41, 5.74) is 1.62. The van der Waals surface area contributed by atoms with Crippen LogP contribution in [0.25, 0.3) is 0 Å². The summed E-state index contributed by atoms with van der Waals surface area (Å²) in [6.07, 6.45) is 0.465. The minimum absolute atomic E-state index is 0.0667. The van der Waals surface area contributed by atoms with E-state index in [4.69, 9.17) is 4.74 Å². The highest BCUT2D eigenvalue weighted by atomic mass is 32.2. The first-order valence-corrected chi connectivity index (χ1v) is 14.6. The second-order valence-corrected chi connectivity index (χ2v) is 12.6. The van der Waals surface area contributed by atoms with Gasteiger partial charge in [0.2, 0.25) is 15.9 Å². The molecule has 1 heterocycles. The van der Waals surface area contributed by atoms with E-state index < -0.39 is 32.5 Å². The quantitative estimate of drug-likeness (QED) is 0.411. The maximum Gasteiger partial charge on any atom is 0.264 e. The number of carbonyl (C=O) groups excluding carboxylic acids is 1. The van der Waals surface area contributed by atoms with E-state index >= 15 is 0 Å². The summed E-state index contributed by atoms with van der Waals surface area (Å²) in [6, 6.07) is 19.1. The van der Waals surface area contributed by atoms with Gasteiger partial charge >= 0.3 is 0 Å². The zero-order chi connectivity index (χ0) is 26.8. The maximum absolute atomic E-state index is 13.6. The number of carbonyl (C=O) groups is 1. The van der Waals surface area contributed by atoms with E-state index in [2.05, 4.69) is 0 Å². The van der Waals surface area contributed by atoms with Gasteiger partial charge in [-0.2, -0.15) is 0 Å². The van der Waals surface area contributed by atoms with Crippen LogP contribution in [0, 0.1) is 0 Å². The van der Waals surface area contributed by atoms with Crippen LogP contribution in [0.4, 0.5) is 11.4 Å². The lowest BCUT2D eigenvalue weighted by molar-refractivity contribution is -0.117. The summed E-state index contributed by atoms with van der Waals surface area (Å²) in [5, 5.41) is 0. The Labute approximate surface area is 218 Å². The number of nitrogens with zero attached hydrogens (tertiary/aromatic N) is 3. The lowest BCUT2D eigenvalue weighted by atomic mass is 10.2. The molecule has 0 radical (unpaired) electrons. The molecule has 0 aliphatic carbocycles. The van der Waals surface area contributed by atoms with Crippen LogP contribution in [0.1, 0.15) is 12.5 Å². The van der Waals surface area contributed by atoms with Gasteiger partial charge in [0.05, 0.1) is 22.1 Å². The lowest BCUT2D eigenvalue weighted by Crippen LogP contribution is -2.42. The summed E-state index contributed by atoms with van der Waals surface area (Å²) in [6.45, 7) is 2.21.